The summed E-state index contributed by atoms with van der Waals surface area (Å²) in [6.45, 7) is 2.30. The van der Waals surface area contributed by atoms with Crippen LogP contribution in [0.15, 0.2) is 54.6 Å². The van der Waals surface area contributed by atoms with Gasteiger partial charge < -0.3 is 14.5 Å². The Labute approximate surface area is 160 Å². The zero-order chi connectivity index (χ0) is 19.1. The maximum atomic E-state index is 13.0. The Morgan fingerprint density at radius 1 is 1.07 bits per heavy atom. The normalized spacial score (nSPS) is 14.3. The number of nitrogens with zero attached hydrogens (tertiary/aromatic N) is 2. The average Bonchev–Trinajstić information content (AvgIpc) is 2.72. The molecule has 1 saturated heterocycles. The third-order valence-electron chi connectivity index (χ3n) is 4.82. The van der Waals surface area contributed by atoms with Crippen molar-refractivity contribution in [3.8, 4) is 0 Å². The summed E-state index contributed by atoms with van der Waals surface area (Å²) < 4.78 is 5.17. The van der Waals surface area contributed by atoms with Crippen LogP contribution in [-0.2, 0) is 16.1 Å². The molecule has 0 spiro atoms. The van der Waals surface area contributed by atoms with Crippen LogP contribution in [-0.4, -0.2) is 43.5 Å². The number of amides is 2. The molecule has 0 unspecified atom stereocenters. The standard InChI is InChI=1S/C22H26N2O3/c1-27-16-15-23(17-18-7-3-2-4-8-18)22(26)19-10-12-20(13-11-19)24-14-6-5-9-21(24)25/h2-4,7-8,10-13H,5-6,9,14-17H2,1H3. The number of anilines is 1. The lowest BCUT2D eigenvalue weighted by molar-refractivity contribution is -0.119. The first-order valence-corrected chi connectivity index (χ1v) is 9.41. The van der Waals surface area contributed by atoms with Crippen molar-refractivity contribution in [2.24, 2.45) is 0 Å². The van der Waals surface area contributed by atoms with E-state index in [1.54, 1.807) is 12.0 Å². The minimum absolute atomic E-state index is 0.0348. The molecule has 142 valence electrons. The lowest BCUT2D eigenvalue weighted by atomic mass is 10.1. The largest absolute Gasteiger partial charge is 0.383 e. The highest BCUT2D eigenvalue weighted by atomic mass is 16.5. The Balaban J connectivity index is 1.73. The molecule has 0 N–H and O–H groups in total. The first-order valence-electron chi connectivity index (χ1n) is 9.41. The van der Waals surface area contributed by atoms with Gasteiger partial charge in [-0.2, -0.15) is 0 Å². The summed E-state index contributed by atoms with van der Waals surface area (Å²) in [5, 5.41) is 0. The molecule has 0 aliphatic carbocycles. The molecule has 2 aromatic carbocycles. The van der Waals surface area contributed by atoms with E-state index in [1.165, 1.54) is 0 Å². The second kappa shape index (κ2) is 9.33. The van der Waals surface area contributed by atoms with Crippen LogP contribution >= 0.6 is 0 Å². The van der Waals surface area contributed by atoms with Crippen LogP contribution < -0.4 is 4.90 Å². The summed E-state index contributed by atoms with van der Waals surface area (Å²) >= 11 is 0. The van der Waals surface area contributed by atoms with Gasteiger partial charge in [-0.15, -0.1) is 0 Å². The van der Waals surface area contributed by atoms with E-state index in [1.807, 2.05) is 59.5 Å². The molecule has 0 radical (unpaired) electrons. The first-order chi connectivity index (χ1) is 13.2. The molecule has 1 heterocycles. The topological polar surface area (TPSA) is 49.9 Å². The van der Waals surface area contributed by atoms with Crippen LogP contribution in [0.3, 0.4) is 0 Å². The van der Waals surface area contributed by atoms with Crippen LogP contribution in [0, 0.1) is 0 Å². The Morgan fingerprint density at radius 3 is 2.48 bits per heavy atom. The maximum absolute atomic E-state index is 13.0. The zero-order valence-corrected chi connectivity index (χ0v) is 15.8. The van der Waals surface area contributed by atoms with E-state index in [0.717, 1.165) is 30.6 Å². The molecule has 0 atom stereocenters. The van der Waals surface area contributed by atoms with Crippen molar-refractivity contribution in [3.63, 3.8) is 0 Å². The number of benzene rings is 2. The fraction of sp³-hybridized carbons (Fsp3) is 0.364. The molecule has 5 nitrogen and oxygen atoms in total. The maximum Gasteiger partial charge on any atom is 0.254 e. The fourth-order valence-corrected chi connectivity index (χ4v) is 3.30. The molecular formula is C22H26N2O3. The molecule has 3 rings (SSSR count). The van der Waals surface area contributed by atoms with Gasteiger partial charge in [-0.1, -0.05) is 30.3 Å². The lowest BCUT2D eigenvalue weighted by Gasteiger charge is -2.27. The third kappa shape index (κ3) is 4.95. The number of hydrogen-bond donors (Lipinski definition) is 0. The van der Waals surface area contributed by atoms with Gasteiger partial charge in [-0.05, 0) is 42.7 Å². The van der Waals surface area contributed by atoms with Crippen LogP contribution in [0.2, 0.25) is 0 Å². The van der Waals surface area contributed by atoms with E-state index in [9.17, 15) is 9.59 Å². The van der Waals surface area contributed by atoms with E-state index >= 15 is 0 Å². The SMILES string of the molecule is COCCN(Cc1ccccc1)C(=O)c1ccc(N2CCCCC2=O)cc1. The molecule has 1 aliphatic rings. The van der Waals surface area contributed by atoms with Gasteiger partial charge in [0.05, 0.1) is 6.61 Å². The molecule has 2 aromatic rings. The number of ether oxygens (including phenoxy) is 1. The highest BCUT2D eigenvalue weighted by Gasteiger charge is 2.21. The van der Waals surface area contributed by atoms with E-state index < -0.39 is 0 Å². The Hall–Kier alpha value is -2.66. The van der Waals surface area contributed by atoms with Gasteiger partial charge >= 0.3 is 0 Å². The highest BCUT2D eigenvalue weighted by molar-refractivity contribution is 5.97. The Bertz CT molecular complexity index is 759. The molecule has 27 heavy (non-hydrogen) atoms. The minimum Gasteiger partial charge on any atom is -0.383 e. The number of methoxy groups -OCH3 is 1. The number of rotatable bonds is 7. The molecule has 1 fully saturated rings. The van der Waals surface area contributed by atoms with Gasteiger partial charge in [-0.25, -0.2) is 0 Å². The summed E-state index contributed by atoms with van der Waals surface area (Å²) in [4.78, 5) is 28.7. The zero-order valence-electron chi connectivity index (χ0n) is 15.8. The van der Waals surface area contributed by atoms with Gasteiger partial charge in [-0.3, -0.25) is 9.59 Å². The Kier molecular flexibility index (Phi) is 6.60. The molecular weight excluding hydrogens is 340 g/mol. The van der Waals surface area contributed by atoms with Crippen LogP contribution in [0.25, 0.3) is 0 Å². The van der Waals surface area contributed by atoms with Crippen LogP contribution in [0.5, 0.6) is 0 Å². The van der Waals surface area contributed by atoms with Crippen molar-refractivity contribution in [2.45, 2.75) is 25.8 Å². The molecule has 0 aromatic heterocycles. The molecule has 0 saturated carbocycles. The first kappa shape index (κ1) is 19.1. The van der Waals surface area contributed by atoms with E-state index in [-0.39, 0.29) is 11.8 Å². The molecule has 2 amide bonds. The summed E-state index contributed by atoms with van der Waals surface area (Å²) in [5.41, 5.74) is 2.57. The number of hydrogen-bond acceptors (Lipinski definition) is 3. The predicted molar refractivity (Wildman–Crippen MR) is 106 cm³/mol. The van der Waals surface area contributed by atoms with E-state index in [2.05, 4.69) is 0 Å². The second-order valence-electron chi connectivity index (χ2n) is 6.75. The third-order valence-corrected chi connectivity index (χ3v) is 4.82. The van der Waals surface area contributed by atoms with Gasteiger partial charge in [0.2, 0.25) is 5.91 Å². The van der Waals surface area contributed by atoms with Crippen molar-refractivity contribution in [1.82, 2.24) is 4.90 Å². The smallest absolute Gasteiger partial charge is 0.254 e. The van der Waals surface area contributed by atoms with Crippen molar-refractivity contribution in [1.29, 1.82) is 0 Å². The van der Waals surface area contributed by atoms with Crippen LogP contribution in [0.4, 0.5) is 5.69 Å². The fourth-order valence-electron chi connectivity index (χ4n) is 3.30. The van der Waals surface area contributed by atoms with Crippen molar-refractivity contribution in [3.05, 3.63) is 65.7 Å². The minimum atomic E-state index is -0.0348. The van der Waals surface area contributed by atoms with Gasteiger partial charge in [0, 0.05) is 44.4 Å². The van der Waals surface area contributed by atoms with E-state index in [0.29, 0.717) is 31.7 Å². The molecule has 0 bridgehead atoms. The van der Waals surface area contributed by atoms with Crippen molar-refractivity contribution in [2.75, 3.05) is 31.7 Å². The summed E-state index contributed by atoms with van der Waals surface area (Å²) in [6.07, 6.45) is 2.58. The summed E-state index contributed by atoms with van der Waals surface area (Å²) in [7, 11) is 1.63. The van der Waals surface area contributed by atoms with Crippen molar-refractivity contribution >= 4 is 17.5 Å². The molecule has 5 heteroatoms. The molecule has 1 aliphatic heterocycles. The Morgan fingerprint density at radius 2 is 1.81 bits per heavy atom. The highest BCUT2D eigenvalue weighted by Crippen LogP contribution is 2.22. The van der Waals surface area contributed by atoms with Crippen LogP contribution in [0.1, 0.15) is 35.2 Å². The predicted octanol–water partition coefficient (Wildman–Crippen LogP) is 3.49. The van der Waals surface area contributed by atoms with Crippen molar-refractivity contribution < 1.29 is 14.3 Å². The number of piperidine rings is 1. The summed E-state index contributed by atoms with van der Waals surface area (Å²) in [5.74, 6) is 0.124. The van der Waals surface area contributed by atoms with Gasteiger partial charge in [0.25, 0.3) is 5.91 Å². The number of carbonyl (C=O) groups excluding carboxylic acids is 2. The number of carbonyl (C=O) groups is 2. The lowest BCUT2D eigenvalue weighted by Crippen LogP contribution is -2.35. The quantitative estimate of drug-likeness (QED) is 0.754. The average molecular weight is 366 g/mol. The van der Waals surface area contributed by atoms with E-state index in [4.69, 9.17) is 4.74 Å². The second-order valence-corrected chi connectivity index (χ2v) is 6.75. The monoisotopic (exact) mass is 366 g/mol. The summed E-state index contributed by atoms with van der Waals surface area (Å²) in [6, 6.07) is 17.3. The van der Waals surface area contributed by atoms with Gasteiger partial charge in [0.15, 0.2) is 0 Å². The van der Waals surface area contributed by atoms with Gasteiger partial charge in [0.1, 0.15) is 0 Å².